The Morgan fingerprint density at radius 2 is 2.10 bits per heavy atom. The molecule has 3 aromatic rings. The Balaban J connectivity index is 1.95. The summed E-state index contributed by atoms with van der Waals surface area (Å²) in [5, 5.41) is 4.67. The molecule has 2 aromatic heterocycles. The monoisotopic (exact) mass is 284 g/mol. The lowest BCUT2D eigenvalue weighted by Gasteiger charge is -2.04. The topological polar surface area (TPSA) is 74.3 Å². The van der Waals surface area contributed by atoms with Gasteiger partial charge in [0.1, 0.15) is 18.4 Å². The number of para-hydroxylation sites is 1. The highest BCUT2D eigenvalue weighted by Crippen LogP contribution is 2.21. The minimum absolute atomic E-state index is 0.167. The Morgan fingerprint density at radius 3 is 2.90 bits per heavy atom. The first-order chi connectivity index (χ1) is 10.2. The largest absolute Gasteiger partial charge is 0.480 e. The number of hydrogen-bond acceptors (Lipinski definition) is 5. The third-order valence-corrected chi connectivity index (χ3v) is 3.13. The predicted molar refractivity (Wildman–Crippen MR) is 75.6 cm³/mol. The van der Waals surface area contributed by atoms with Crippen LogP contribution in [0.4, 0.5) is 0 Å². The van der Waals surface area contributed by atoms with Gasteiger partial charge in [0.15, 0.2) is 5.78 Å². The fourth-order valence-electron chi connectivity index (χ4n) is 2.07. The van der Waals surface area contributed by atoms with Gasteiger partial charge in [0.25, 0.3) is 5.56 Å². The van der Waals surface area contributed by atoms with Crippen molar-refractivity contribution in [3.63, 3.8) is 0 Å². The lowest BCUT2D eigenvalue weighted by molar-refractivity contribution is 0.0965. The van der Waals surface area contributed by atoms with Gasteiger partial charge in [-0.3, -0.25) is 9.59 Å². The first-order valence-corrected chi connectivity index (χ1v) is 6.30. The second-order valence-corrected chi connectivity index (χ2v) is 4.44. The highest BCUT2D eigenvalue weighted by Gasteiger charge is 2.15. The standard InChI is InChI=1S/C15H12N2O4/c1-20-14-6-7-15(19)17(16-14)8-12(18)11-9-21-13-5-3-2-4-10(11)13/h2-7,9H,8H2,1H3. The SMILES string of the molecule is COc1ccc(=O)n(CC(=O)c2coc3ccccc23)n1. The molecule has 0 aliphatic carbocycles. The Hall–Kier alpha value is -2.89. The van der Waals surface area contributed by atoms with Crippen LogP contribution in [0.2, 0.25) is 0 Å². The number of ether oxygens (including phenoxy) is 1. The molecule has 6 heteroatoms. The zero-order valence-electron chi connectivity index (χ0n) is 11.3. The van der Waals surface area contributed by atoms with Crippen LogP contribution in [0.25, 0.3) is 11.0 Å². The highest BCUT2D eigenvalue weighted by atomic mass is 16.5. The molecule has 2 heterocycles. The number of Topliss-reactive ketones (excluding diaryl/α,β-unsaturated/α-hetero) is 1. The van der Waals surface area contributed by atoms with E-state index in [1.807, 2.05) is 12.1 Å². The molecule has 1 aromatic carbocycles. The fourth-order valence-corrected chi connectivity index (χ4v) is 2.07. The molecule has 0 saturated carbocycles. The van der Waals surface area contributed by atoms with Crippen molar-refractivity contribution < 1.29 is 13.9 Å². The molecular formula is C15H12N2O4. The van der Waals surface area contributed by atoms with Gasteiger partial charge in [-0.1, -0.05) is 18.2 Å². The van der Waals surface area contributed by atoms with E-state index in [0.29, 0.717) is 11.1 Å². The molecule has 0 aliphatic heterocycles. The average Bonchev–Trinajstić information content (AvgIpc) is 2.93. The van der Waals surface area contributed by atoms with E-state index in [4.69, 9.17) is 9.15 Å². The van der Waals surface area contributed by atoms with Gasteiger partial charge in [0.05, 0.1) is 12.7 Å². The van der Waals surface area contributed by atoms with Crippen molar-refractivity contribution >= 4 is 16.8 Å². The van der Waals surface area contributed by atoms with Crippen molar-refractivity contribution in [2.75, 3.05) is 7.11 Å². The molecule has 0 amide bonds. The maximum atomic E-state index is 12.3. The van der Waals surface area contributed by atoms with Crippen molar-refractivity contribution in [2.45, 2.75) is 6.54 Å². The van der Waals surface area contributed by atoms with Gasteiger partial charge in [-0.2, -0.15) is 0 Å². The number of benzene rings is 1. The van der Waals surface area contributed by atoms with Gasteiger partial charge >= 0.3 is 0 Å². The summed E-state index contributed by atoms with van der Waals surface area (Å²) in [6, 6.07) is 10.00. The molecule has 0 unspecified atom stereocenters. The summed E-state index contributed by atoms with van der Waals surface area (Å²) in [5.41, 5.74) is 0.700. The number of carbonyl (C=O) groups excluding carboxylic acids is 1. The molecule has 0 fully saturated rings. The minimum Gasteiger partial charge on any atom is -0.480 e. The molecule has 0 spiro atoms. The van der Waals surface area contributed by atoms with E-state index < -0.39 is 0 Å². The van der Waals surface area contributed by atoms with Crippen LogP contribution in [0.5, 0.6) is 5.88 Å². The molecule has 0 saturated heterocycles. The van der Waals surface area contributed by atoms with Gasteiger partial charge in [0.2, 0.25) is 5.88 Å². The quantitative estimate of drug-likeness (QED) is 0.684. The van der Waals surface area contributed by atoms with Crippen LogP contribution in [0.15, 0.2) is 51.9 Å². The van der Waals surface area contributed by atoms with Crippen molar-refractivity contribution in [3.8, 4) is 5.88 Å². The Labute approximate surface area is 119 Å². The minimum atomic E-state index is -0.364. The summed E-state index contributed by atoms with van der Waals surface area (Å²) in [4.78, 5) is 24.1. The summed E-state index contributed by atoms with van der Waals surface area (Å²) in [6.07, 6.45) is 1.40. The molecular weight excluding hydrogens is 272 g/mol. The number of nitrogens with zero attached hydrogens (tertiary/aromatic N) is 2. The molecule has 0 atom stereocenters. The van der Waals surface area contributed by atoms with Crippen LogP contribution in [-0.2, 0) is 6.54 Å². The summed E-state index contributed by atoms with van der Waals surface area (Å²) in [7, 11) is 1.45. The molecule has 0 N–H and O–H groups in total. The fraction of sp³-hybridized carbons (Fsp3) is 0.133. The van der Waals surface area contributed by atoms with Gasteiger partial charge in [-0.05, 0) is 6.07 Å². The van der Waals surface area contributed by atoms with E-state index in [2.05, 4.69) is 5.10 Å². The van der Waals surface area contributed by atoms with E-state index in [0.717, 1.165) is 10.1 Å². The first kappa shape index (κ1) is 13.1. The molecule has 6 nitrogen and oxygen atoms in total. The number of ketones is 1. The van der Waals surface area contributed by atoms with Crippen molar-refractivity contribution in [1.29, 1.82) is 0 Å². The maximum Gasteiger partial charge on any atom is 0.267 e. The smallest absolute Gasteiger partial charge is 0.267 e. The zero-order valence-corrected chi connectivity index (χ0v) is 11.3. The van der Waals surface area contributed by atoms with Crippen LogP contribution >= 0.6 is 0 Å². The summed E-state index contributed by atoms with van der Waals surface area (Å²) < 4.78 is 11.4. The molecule has 0 bridgehead atoms. The van der Waals surface area contributed by atoms with Crippen molar-refractivity contribution in [2.24, 2.45) is 0 Å². The van der Waals surface area contributed by atoms with Gasteiger partial charge in [-0.25, -0.2) is 4.68 Å². The van der Waals surface area contributed by atoms with E-state index in [1.165, 1.54) is 25.5 Å². The van der Waals surface area contributed by atoms with Gasteiger partial charge < -0.3 is 9.15 Å². The van der Waals surface area contributed by atoms with Gasteiger partial charge in [-0.15, -0.1) is 5.10 Å². The molecule has 106 valence electrons. The second-order valence-electron chi connectivity index (χ2n) is 4.44. The predicted octanol–water partition coefficient (Wildman–Crippen LogP) is 1.88. The lowest BCUT2D eigenvalue weighted by Crippen LogP contribution is -2.26. The van der Waals surface area contributed by atoms with Crippen LogP contribution < -0.4 is 10.3 Å². The number of hydrogen-bond donors (Lipinski definition) is 0. The first-order valence-electron chi connectivity index (χ1n) is 6.30. The number of carbonyl (C=O) groups is 1. The number of furan rings is 1. The van der Waals surface area contributed by atoms with Crippen molar-refractivity contribution in [3.05, 3.63) is 58.6 Å². The van der Waals surface area contributed by atoms with Gasteiger partial charge in [0, 0.05) is 17.5 Å². The third kappa shape index (κ3) is 2.43. The molecule has 0 radical (unpaired) electrons. The van der Waals surface area contributed by atoms with E-state index in [-0.39, 0.29) is 23.8 Å². The van der Waals surface area contributed by atoms with Crippen LogP contribution in [0.1, 0.15) is 10.4 Å². The maximum absolute atomic E-state index is 12.3. The normalized spacial score (nSPS) is 10.7. The second kappa shape index (κ2) is 5.24. The number of rotatable bonds is 4. The summed E-state index contributed by atoms with van der Waals surface area (Å²) in [6.45, 7) is -0.167. The molecule has 21 heavy (non-hydrogen) atoms. The van der Waals surface area contributed by atoms with Crippen molar-refractivity contribution in [1.82, 2.24) is 9.78 Å². The average molecular weight is 284 g/mol. The number of fused-ring (bicyclic) bond motifs is 1. The van der Waals surface area contributed by atoms with Crippen LogP contribution in [0.3, 0.4) is 0 Å². The van der Waals surface area contributed by atoms with E-state index >= 15 is 0 Å². The Kier molecular flexibility index (Phi) is 3.27. The van der Waals surface area contributed by atoms with E-state index in [1.54, 1.807) is 12.1 Å². The summed E-state index contributed by atoms with van der Waals surface area (Å²) >= 11 is 0. The molecule has 3 rings (SSSR count). The highest BCUT2D eigenvalue weighted by molar-refractivity contribution is 6.06. The lowest BCUT2D eigenvalue weighted by atomic mass is 10.1. The van der Waals surface area contributed by atoms with E-state index in [9.17, 15) is 9.59 Å². The number of aromatic nitrogens is 2. The number of methoxy groups -OCH3 is 1. The zero-order chi connectivity index (χ0) is 14.8. The van der Waals surface area contributed by atoms with Crippen LogP contribution in [0, 0.1) is 0 Å². The molecule has 0 aliphatic rings. The summed E-state index contributed by atoms with van der Waals surface area (Å²) in [5.74, 6) is 0.0299. The third-order valence-electron chi connectivity index (χ3n) is 3.13. The van der Waals surface area contributed by atoms with Crippen LogP contribution in [-0.4, -0.2) is 22.7 Å². The Morgan fingerprint density at radius 1 is 1.29 bits per heavy atom. The Bertz CT molecular complexity index is 863.